The summed E-state index contributed by atoms with van der Waals surface area (Å²) in [6, 6.07) is 6.58. The fourth-order valence-corrected chi connectivity index (χ4v) is 1.88. The Hall–Kier alpha value is -0.960. The van der Waals surface area contributed by atoms with E-state index in [4.69, 9.17) is 5.73 Å². The second kappa shape index (κ2) is 3.27. The average molecular weight is 211 g/mol. The molecule has 2 N–H and O–H groups in total. The van der Waals surface area contributed by atoms with Crippen LogP contribution in [0.4, 0.5) is 8.78 Å². The lowest BCUT2D eigenvalue weighted by molar-refractivity contribution is 0.0174. The van der Waals surface area contributed by atoms with Crippen molar-refractivity contribution in [3.8, 4) is 0 Å². The zero-order chi connectivity index (χ0) is 11.1. The average Bonchev–Trinajstić information content (AvgIpc) is 2.97. The SMILES string of the molecule is CC(F)(F)c1ccc(C2(CN)CC2)cc1. The smallest absolute Gasteiger partial charge is 0.270 e. The molecule has 0 saturated heterocycles. The van der Waals surface area contributed by atoms with Crippen molar-refractivity contribution in [1.82, 2.24) is 0 Å². The molecule has 15 heavy (non-hydrogen) atoms. The van der Waals surface area contributed by atoms with Crippen LogP contribution in [0.1, 0.15) is 30.9 Å². The molecule has 3 heteroatoms. The van der Waals surface area contributed by atoms with Gasteiger partial charge in [-0.3, -0.25) is 0 Å². The summed E-state index contributed by atoms with van der Waals surface area (Å²) in [6.45, 7) is 1.52. The Morgan fingerprint density at radius 2 is 1.80 bits per heavy atom. The molecule has 1 aliphatic carbocycles. The van der Waals surface area contributed by atoms with Gasteiger partial charge in [0.2, 0.25) is 0 Å². The van der Waals surface area contributed by atoms with Gasteiger partial charge in [-0.2, -0.15) is 0 Å². The first-order valence-corrected chi connectivity index (χ1v) is 5.17. The molecule has 0 heterocycles. The molecule has 82 valence electrons. The van der Waals surface area contributed by atoms with Gasteiger partial charge in [-0.1, -0.05) is 24.3 Å². The summed E-state index contributed by atoms with van der Waals surface area (Å²) in [6.07, 6.45) is 2.15. The predicted octanol–water partition coefficient (Wildman–Crippen LogP) is 2.79. The van der Waals surface area contributed by atoms with E-state index >= 15 is 0 Å². The third kappa shape index (κ3) is 1.88. The Balaban J connectivity index is 2.25. The Bertz CT molecular complexity index is 347. The standard InChI is InChI=1S/C12H15F2N/c1-11(13,14)9-2-4-10(5-3-9)12(8-15)6-7-12/h2-5H,6-8,15H2,1H3. The lowest BCUT2D eigenvalue weighted by Gasteiger charge is -2.15. The van der Waals surface area contributed by atoms with Crippen LogP contribution < -0.4 is 5.73 Å². The summed E-state index contributed by atoms with van der Waals surface area (Å²) < 4.78 is 25.9. The minimum atomic E-state index is -2.75. The number of rotatable bonds is 3. The first kappa shape index (κ1) is 10.6. The van der Waals surface area contributed by atoms with Crippen LogP contribution in [0.25, 0.3) is 0 Å². The molecule has 1 aromatic carbocycles. The van der Waals surface area contributed by atoms with Crippen molar-refractivity contribution in [2.45, 2.75) is 31.1 Å². The maximum Gasteiger partial charge on any atom is 0.270 e. The highest BCUT2D eigenvalue weighted by atomic mass is 19.3. The van der Waals surface area contributed by atoms with Gasteiger partial charge in [0.15, 0.2) is 0 Å². The van der Waals surface area contributed by atoms with E-state index in [1.54, 1.807) is 12.1 Å². The van der Waals surface area contributed by atoms with E-state index in [1.807, 2.05) is 0 Å². The van der Waals surface area contributed by atoms with E-state index in [1.165, 1.54) is 12.1 Å². The molecule has 2 rings (SSSR count). The van der Waals surface area contributed by atoms with Gasteiger partial charge in [-0.05, 0) is 18.4 Å². The first-order valence-electron chi connectivity index (χ1n) is 5.17. The van der Waals surface area contributed by atoms with Gasteiger partial charge < -0.3 is 5.73 Å². The van der Waals surface area contributed by atoms with E-state index < -0.39 is 5.92 Å². The highest BCUT2D eigenvalue weighted by molar-refractivity contribution is 5.35. The number of halogens is 2. The van der Waals surface area contributed by atoms with Gasteiger partial charge in [0, 0.05) is 24.4 Å². The van der Waals surface area contributed by atoms with Crippen LogP contribution in [0.15, 0.2) is 24.3 Å². The van der Waals surface area contributed by atoms with Crippen LogP contribution in [0.3, 0.4) is 0 Å². The van der Waals surface area contributed by atoms with E-state index in [2.05, 4.69) is 0 Å². The zero-order valence-electron chi connectivity index (χ0n) is 8.76. The van der Waals surface area contributed by atoms with Crippen LogP contribution >= 0.6 is 0 Å². The molecular weight excluding hydrogens is 196 g/mol. The minimum Gasteiger partial charge on any atom is -0.330 e. The largest absolute Gasteiger partial charge is 0.330 e. The van der Waals surface area contributed by atoms with Crippen LogP contribution in [-0.2, 0) is 11.3 Å². The molecule has 0 aromatic heterocycles. The Morgan fingerprint density at radius 1 is 1.27 bits per heavy atom. The van der Waals surface area contributed by atoms with Crippen LogP contribution in [0.2, 0.25) is 0 Å². The molecule has 1 saturated carbocycles. The highest BCUT2D eigenvalue weighted by Crippen LogP contribution is 2.47. The highest BCUT2D eigenvalue weighted by Gasteiger charge is 2.42. The Morgan fingerprint density at radius 3 is 2.13 bits per heavy atom. The summed E-state index contributed by atoms with van der Waals surface area (Å²) in [4.78, 5) is 0. The summed E-state index contributed by atoms with van der Waals surface area (Å²) >= 11 is 0. The summed E-state index contributed by atoms with van der Waals surface area (Å²) in [5, 5.41) is 0. The van der Waals surface area contributed by atoms with Gasteiger partial charge >= 0.3 is 0 Å². The number of hydrogen-bond acceptors (Lipinski definition) is 1. The molecule has 0 atom stereocenters. The molecule has 0 radical (unpaired) electrons. The summed E-state index contributed by atoms with van der Waals surface area (Å²) in [5.74, 6) is -2.75. The number of hydrogen-bond donors (Lipinski definition) is 1. The molecule has 0 bridgehead atoms. The molecule has 1 nitrogen and oxygen atoms in total. The number of benzene rings is 1. The molecule has 1 fully saturated rings. The maximum atomic E-state index is 13.0. The van der Waals surface area contributed by atoms with Crippen molar-refractivity contribution in [3.05, 3.63) is 35.4 Å². The van der Waals surface area contributed by atoms with Crippen LogP contribution in [-0.4, -0.2) is 6.54 Å². The zero-order valence-corrected chi connectivity index (χ0v) is 8.76. The van der Waals surface area contributed by atoms with Crippen LogP contribution in [0, 0.1) is 0 Å². The van der Waals surface area contributed by atoms with Gasteiger partial charge in [0.1, 0.15) is 0 Å². The van der Waals surface area contributed by atoms with Crippen molar-refractivity contribution in [3.63, 3.8) is 0 Å². The minimum absolute atomic E-state index is 0.0686. The second-order valence-electron chi connectivity index (χ2n) is 4.45. The van der Waals surface area contributed by atoms with Crippen molar-refractivity contribution >= 4 is 0 Å². The van der Waals surface area contributed by atoms with E-state index in [0.29, 0.717) is 6.54 Å². The molecule has 0 amide bonds. The Kier molecular flexibility index (Phi) is 2.30. The predicted molar refractivity (Wildman–Crippen MR) is 56.0 cm³/mol. The first-order chi connectivity index (χ1) is 6.98. The lowest BCUT2D eigenvalue weighted by Crippen LogP contribution is -2.19. The van der Waals surface area contributed by atoms with Crippen LogP contribution in [0.5, 0.6) is 0 Å². The fourth-order valence-electron chi connectivity index (χ4n) is 1.88. The van der Waals surface area contributed by atoms with E-state index in [9.17, 15) is 8.78 Å². The topological polar surface area (TPSA) is 26.0 Å². The normalized spacial score (nSPS) is 18.9. The summed E-state index contributed by atoms with van der Waals surface area (Å²) in [7, 11) is 0. The van der Waals surface area contributed by atoms with Gasteiger partial charge in [-0.15, -0.1) is 0 Å². The van der Waals surface area contributed by atoms with Crippen molar-refractivity contribution < 1.29 is 8.78 Å². The monoisotopic (exact) mass is 211 g/mol. The third-order valence-corrected chi connectivity index (χ3v) is 3.25. The van der Waals surface area contributed by atoms with Gasteiger partial charge in [-0.25, -0.2) is 8.78 Å². The molecular formula is C12H15F2N. The lowest BCUT2D eigenvalue weighted by atomic mass is 9.94. The quantitative estimate of drug-likeness (QED) is 0.817. The fraction of sp³-hybridized carbons (Fsp3) is 0.500. The van der Waals surface area contributed by atoms with Gasteiger partial charge in [0.05, 0.1) is 0 Å². The Labute approximate surface area is 88.3 Å². The number of nitrogens with two attached hydrogens (primary N) is 1. The van der Waals surface area contributed by atoms with Crippen molar-refractivity contribution in [1.29, 1.82) is 0 Å². The van der Waals surface area contributed by atoms with E-state index in [-0.39, 0.29) is 11.0 Å². The molecule has 0 spiro atoms. The molecule has 0 unspecified atom stereocenters. The van der Waals surface area contributed by atoms with Crippen molar-refractivity contribution in [2.24, 2.45) is 5.73 Å². The second-order valence-corrected chi connectivity index (χ2v) is 4.45. The summed E-state index contributed by atoms with van der Waals surface area (Å²) in [5.41, 5.74) is 6.93. The number of alkyl halides is 2. The third-order valence-electron chi connectivity index (χ3n) is 3.25. The molecule has 1 aliphatic rings. The van der Waals surface area contributed by atoms with Gasteiger partial charge in [0.25, 0.3) is 5.92 Å². The van der Waals surface area contributed by atoms with E-state index in [0.717, 1.165) is 25.3 Å². The maximum absolute atomic E-state index is 13.0. The molecule has 0 aliphatic heterocycles. The molecule has 1 aromatic rings. The van der Waals surface area contributed by atoms with Crippen molar-refractivity contribution in [2.75, 3.05) is 6.54 Å².